The quantitative estimate of drug-likeness (QED) is 0.886. The van der Waals surface area contributed by atoms with Crippen LogP contribution in [0.4, 0.5) is 0 Å². The molecule has 1 fully saturated rings. The highest BCUT2D eigenvalue weighted by atomic mass is 16.5. The molecule has 1 aromatic rings. The van der Waals surface area contributed by atoms with Crippen LogP contribution < -0.4 is 4.74 Å². The largest absolute Gasteiger partial charge is 0.494 e. The smallest absolute Gasteiger partial charge is 0.119 e. The van der Waals surface area contributed by atoms with Crippen molar-refractivity contribution in [1.82, 2.24) is 0 Å². The maximum Gasteiger partial charge on any atom is 0.119 e. The summed E-state index contributed by atoms with van der Waals surface area (Å²) in [4.78, 5) is 0. The first-order valence-electron chi connectivity index (χ1n) is 7.47. The Hall–Kier alpha value is -1.53. The summed E-state index contributed by atoms with van der Waals surface area (Å²) < 4.78 is 5.47. The molecular formula is C17H23NO2. The Balaban J connectivity index is 2.23. The van der Waals surface area contributed by atoms with E-state index >= 15 is 0 Å². The first kappa shape index (κ1) is 14.9. The van der Waals surface area contributed by atoms with E-state index in [1.54, 1.807) is 0 Å². The molecule has 3 heteroatoms. The summed E-state index contributed by atoms with van der Waals surface area (Å²) >= 11 is 0. The lowest BCUT2D eigenvalue weighted by Gasteiger charge is -2.28. The topological polar surface area (TPSA) is 53.2 Å². The van der Waals surface area contributed by atoms with Gasteiger partial charge in [-0.15, -0.1) is 0 Å². The summed E-state index contributed by atoms with van der Waals surface area (Å²) in [5, 5.41) is 20.3. The summed E-state index contributed by atoms with van der Waals surface area (Å²) in [5.41, 5.74) is 0.153. The third-order valence-corrected chi connectivity index (χ3v) is 4.46. The molecular weight excluding hydrogens is 250 g/mol. The summed E-state index contributed by atoms with van der Waals surface area (Å²) in [7, 11) is 0. The van der Waals surface area contributed by atoms with Gasteiger partial charge in [-0.2, -0.15) is 5.26 Å². The molecule has 0 heterocycles. The Bertz CT molecular complexity index is 494. The van der Waals surface area contributed by atoms with Crippen molar-refractivity contribution in [2.75, 3.05) is 6.61 Å². The van der Waals surface area contributed by atoms with Gasteiger partial charge >= 0.3 is 0 Å². The number of rotatable bonds is 5. The van der Waals surface area contributed by atoms with Crippen LogP contribution in [0, 0.1) is 22.7 Å². The predicted octanol–water partition coefficient (Wildman–Crippen LogP) is 3.84. The Morgan fingerprint density at radius 3 is 2.90 bits per heavy atom. The highest BCUT2D eigenvalue weighted by molar-refractivity contribution is 5.32. The lowest BCUT2D eigenvalue weighted by molar-refractivity contribution is 0.0638. The van der Waals surface area contributed by atoms with Crippen LogP contribution >= 0.6 is 0 Å². The number of aliphatic hydroxyl groups excluding tert-OH is 1. The van der Waals surface area contributed by atoms with Crippen LogP contribution in [0.3, 0.4) is 0 Å². The number of hydrogen-bond donors (Lipinski definition) is 1. The van der Waals surface area contributed by atoms with E-state index in [9.17, 15) is 10.4 Å². The zero-order chi connectivity index (χ0) is 14.6. The molecule has 0 aliphatic heterocycles. The van der Waals surface area contributed by atoms with Gasteiger partial charge in [0.05, 0.1) is 24.2 Å². The van der Waals surface area contributed by atoms with Crippen LogP contribution in [-0.2, 0) is 0 Å². The zero-order valence-electron chi connectivity index (χ0n) is 12.3. The predicted molar refractivity (Wildman–Crippen MR) is 78.2 cm³/mol. The fourth-order valence-corrected chi connectivity index (χ4v) is 3.20. The van der Waals surface area contributed by atoms with Gasteiger partial charge < -0.3 is 9.84 Å². The third-order valence-electron chi connectivity index (χ3n) is 4.46. The van der Waals surface area contributed by atoms with E-state index in [0.29, 0.717) is 12.5 Å². The maximum absolute atomic E-state index is 10.7. The zero-order valence-corrected chi connectivity index (χ0v) is 12.3. The summed E-state index contributed by atoms with van der Waals surface area (Å²) in [6.07, 6.45) is 2.95. The van der Waals surface area contributed by atoms with Crippen LogP contribution in [-0.4, -0.2) is 11.7 Å². The lowest BCUT2D eigenvalue weighted by atomic mass is 9.78. The van der Waals surface area contributed by atoms with Crippen molar-refractivity contribution < 1.29 is 9.84 Å². The molecule has 3 nitrogen and oxygen atoms in total. The summed E-state index contributed by atoms with van der Waals surface area (Å²) in [6.45, 7) is 4.68. The molecule has 1 N–H and O–H groups in total. The molecule has 0 saturated heterocycles. The molecule has 1 aromatic carbocycles. The lowest BCUT2D eigenvalue weighted by Crippen LogP contribution is -2.24. The number of hydrogen-bond acceptors (Lipinski definition) is 3. The average Bonchev–Trinajstić information content (AvgIpc) is 2.92. The Kier molecular flexibility index (Phi) is 4.67. The molecule has 0 spiro atoms. The average molecular weight is 273 g/mol. The van der Waals surface area contributed by atoms with Crippen LogP contribution in [0.1, 0.15) is 51.2 Å². The van der Waals surface area contributed by atoms with Gasteiger partial charge in [-0.1, -0.05) is 25.5 Å². The van der Waals surface area contributed by atoms with Gasteiger partial charge in [-0.25, -0.2) is 0 Å². The van der Waals surface area contributed by atoms with Gasteiger partial charge in [0.2, 0.25) is 0 Å². The van der Waals surface area contributed by atoms with Gasteiger partial charge in [0, 0.05) is 0 Å². The maximum atomic E-state index is 10.7. The monoisotopic (exact) mass is 273 g/mol. The number of nitrogens with zero attached hydrogens (tertiary/aromatic N) is 1. The molecule has 0 bridgehead atoms. The van der Waals surface area contributed by atoms with E-state index in [-0.39, 0.29) is 0 Å². The molecule has 1 aliphatic carbocycles. The molecule has 20 heavy (non-hydrogen) atoms. The van der Waals surface area contributed by atoms with Gasteiger partial charge in [0.15, 0.2) is 0 Å². The van der Waals surface area contributed by atoms with Gasteiger partial charge in [0.25, 0.3) is 0 Å². The van der Waals surface area contributed by atoms with Crippen molar-refractivity contribution in [3.05, 3.63) is 29.8 Å². The van der Waals surface area contributed by atoms with Crippen molar-refractivity contribution in [2.45, 2.75) is 45.6 Å². The molecule has 2 rings (SSSR count). The van der Waals surface area contributed by atoms with Crippen LogP contribution in [0.2, 0.25) is 0 Å². The first-order valence-corrected chi connectivity index (χ1v) is 7.47. The highest BCUT2D eigenvalue weighted by Crippen LogP contribution is 2.50. The molecule has 108 valence electrons. The second kappa shape index (κ2) is 6.28. The Morgan fingerprint density at radius 1 is 1.50 bits per heavy atom. The van der Waals surface area contributed by atoms with Crippen molar-refractivity contribution in [3.63, 3.8) is 0 Å². The molecule has 3 unspecified atom stereocenters. The minimum atomic E-state index is -0.732. The van der Waals surface area contributed by atoms with Crippen molar-refractivity contribution in [2.24, 2.45) is 11.3 Å². The number of benzene rings is 1. The minimum absolute atomic E-state index is 0.555. The second-order valence-electron chi connectivity index (χ2n) is 5.69. The van der Waals surface area contributed by atoms with E-state index in [1.807, 2.05) is 31.2 Å². The molecule has 0 amide bonds. The van der Waals surface area contributed by atoms with E-state index in [2.05, 4.69) is 13.0 Å². The van der Waals surface area contributed by atoms with E-state index in [0.717, 1.165) is 37.0 Å². The van der Waals surface area contributed by atoms with Gasteiger partial charge in [0.1, 0.15) is 5.75 Å². The number of aliphatic hydroxyl groups is 1. The fourth-order valence-electron chi connectivity index (χ4n) is 3.20. The number of ether oxygens (including phenoxy) is 1. The fraction of sp³-hybridized carbons (Fsp3) is 0.588. The molecule has 0 aromatic heterocycles. The minimum Gasteiger partial charge on any atom is -0.494 e. The molecule has 1 saturated carbocycles. The van der Waals surface area contributed by atoms with Crippen molar-refractivity contribution >= 4 is 0 Å². The molecule has 3 atom stereocenters. The normalized spacial score (nSPS) is 27.0. The summed E-state index contributed by atoms with van der Waals surface area (Å²) in [6, 6.07) is 9.89. The highest BCUT2D eigenvalue weighted by Gasteiger charge is 2.45. The summed E-state index contributed by atoms with van der Waals surface area (Å²) in [5.74, 6) is 1.31. The molecule has 0 radical (unpaired) electrons. The second-order valence-corrected chi connectivity index (χ2v) is 5.69. The van der Waals surface area contributed by atoms with Gasteiger partial charge in [-0.3, -0.25) is 0 Å². The van der Waals surface area contributed by atoms with E-state index in [1.165, 1.54) is 0 Å². The van der Waals surface area contributed by atoms with Crippen molar-refractivity contribution in [1.29, 1.82) is 5.26 Å². The van der Waals surface area contributed by atoms with E-state index < -0.39 is 11.5 Å². The van der Waals surface area contributed by atoms with Crippen molar-refractivity contribution in [3.8, 4) is 11.8 Å². The standard InChI is InChI=1S/C17H23NO2/c1-3-13-8-9-17(11-13,12-18)16(19)14-6-5-7-15(10-14)20-4-2/h5-7,10,13,16,19H,3-4,8-9,11H2,1-2H3. The SMILES string of the molecule is CCOc1cccc(C(O)C2(C#N)CCC(CC)C2)c1. The number of nitriles is 1. The Labute approximate surface area is 121 Å². The molecule has 1 aliphatic rings. The Morgan fingerprint density at radius 2 is 2.30 bits per heavy atom. The van der Waals surface area contributed by atoms with E-state index in [4.69, 9.17) is 4.74 Å². The van der Waals surface area contributed by atoms with Crippen LogP contribution in [0.25, 0.3) is 0 Å². The van der Waals surface area contributed by atoms with Gasteiger partial charge in [-0.05, 0) is 49.8 Å². The third kappa shape index (κ3) is 2.81. The van der Waals surface area contributed by atoms with Crippen LogP contribution in [0.5, 0.6) is 5.75 Å². The first-order chi connectivity index (χ1) is 9.65. The van der Waals surface area contributed by atoms with Crippen LogP contribution in [0.15, 0.2) is 24.3 Å².